The lowest BCUT2D eigenvalue weighted by molar-refractivity contribution is -0.117. The summed E-state index contributed by atoms with van der Waals surface area (Å²) in [6.45, 7) is 2.13. The van der Waals surface area contributed by atoms with Crippen LogP contribution >= 0.6 is 23.5 Å². The highest BCUT2D eigenvalue weighted by Crippen LogP contribution is 2.31. The Labute approximate surface area is 104 Å². The number of aryl methyl sites for hydroxylation is 1. The largest absolute Gasteiger partial charge is 0.298 e. The van der Waals surface area contributed by atoms with E-state index < -0.39 is 0 Å². The van der Waals surface area contributed by atoms with E-state index in [2.05, 4.69) is 17.2 Å². The van der Waals surface area contributed by atoms with Gasteiger partial charge in [0.1, 0.15) is 0 Å². The molecule has 1 aliphatic heterocycles. The van der Waals surface area contributed by atoms with Crippen LogP contribution in [0.1, 0.15) is 12.6 Å². The zero-order chi connectivity index (χ0) is 11.5. The summed E-state index contributed by atoms with van der Waals surface area (Å²) < 4.78 is 1.63. The third-order valence-corrected chi connectivity index (χ3v) is 5.65. The maximum atomic E-state index is 12.1. The number of carbonyl (C=O) groups excluding carboxylic acids is 1. The molecule has 0 N–H and O–H groups in total. The average Bonchev–Trinajstić information content (AvgIpc) is 2.64. The van der Waals surface area contributed by atoms with Gasteiger partial charge in [-0.2, -0.15) is 11.8 Å². The smallest absolute Gasteiger partial charge is 0.152 e. The maximum Gasteiger partial charge on any atom is 0.152 e. The number of thioether (sulfide) groups is 2. The van der Waals surface area contributed by atoms with Gasteiger partial charge in [0.25, 0.3) is 0 Å². The summed E-state index contributed by atoms with van der Waals surface area (Å²) in [7, 11) is 1.81. The summed E-state index contributed by atoms with van der Waals surface area (Å²) in [6.07, 6.45) is 2.22. The molecule has 88 valence electrons. The van der Waals surface area contributed by atoms with Crippen LogP contribution in [-0.4, -0.2) is 42.8 Å². The molecular weight excluding hydrogens is 242 g/mol. The van der Waals surface area contributed by atoms with Crippen molar-refractivity contribution in [2.75, 3.05) is 11.5 Å². The number of hydrogen-bond donors (Lipinski definition) is 0. The second kappa shape index (κ2) is 5.23. The minimum Gasteiger partial charge on any atom is -0.298 e. The number of carbonyl (C=O) groups is 1. The van der Waals surface area contributed by atoms with Gasteiger partial charge >= 0.3 is 0 Å². The van der Waals surface area contributed by atoms with Crippen molar-refractivity contribution in [3.05, 3.63) is 11.9 Å². The Morgan fingerprint density at radius 2 is 2.31 bits per heavy atom. The van der Waals surface area contributed by atoms with Gasteiger partial charge in [0.2, 0.25) is 0 Å². The monoisotopic (exact) mass is 257 g/mol. The summed E-state index contributed by atoms with van der Waals surface area (Å²) >= 11 is 3.67. The Kier molecular flexibility index (Phi) is 3.91. The highest BCUT2D eigenvalue weighted by atomic mass is 32.2. The average molecular weight is 257 g/mol. The molecule has 0 bridgehead atoms. The molecule has 2 atom stereocenters. The van der Waals surface area contributed by atoms with E-state index in [1.807, 2.05) is 25.0 Å². The lowest BCUT2D eigenvalue weighted by Crippen LogP contribution is -2.32. The van der Waals surface area contributed by atoms with Crippen LogP contribution < -0.4 is 0 Å². The Morgan fingerprint density at radius 1 is 1.56 bits per heavy atom. The number of rotatable bonds is 3. The molecule has 2 unspecified atom stereocenters. The lowest BCUT2D eigenvalue weighted by Gasteiger charge is -2.26. The van der Waals surface area contributed by atoms with Crippen molar-refractivity contribution < 1.29 is 4.79 Å². The molecule has 4 nitrogen and oxygen atoms in total. The van der Waals surface area contributed by atoms with Gasteiger partial charge in [-0.1, -0.05) is 12.1 Å². The molecule has 1 aromatic heterocycles. The molecule has 0 aliphatic carbocycles. The number of Topliss-reactive ketones (excluding diaryl/α,β-unsaturated/α-hetero) is 1. The standard InChI is InChI=1S/C10H15N3OS2/c1-7-10(16-4-3-15-7)9(14)5-8-6-13(2)12-11-8/h6-7,10H,3-5H2,1-2H3. The fourth-order valence-electron chi connectivity index (χ4n) is 1.74. The number of nitrogens with zero attached hydrogens (tertiary/aromatic N) is 3. The van der Waals surface area contributed by atoms with Crippen LogP contribution in [0, 0.1) is 0 Å². The summed E-state index contributed by atoms with van der Waals surface area (Å²) in [5.41, 5.74) is 0.774. The fraction of sp³-hybridized carbons (Fsp3) is 0.700. The van der Waals surface area contributed by atoms with Crippen LogP contribution in [-0.2, 0) is 18.3 Å². The molecule has 6 heteroatoms. The molecule has 1 aliphatic rings. The van der Waals surface area contributed by atoms with E-state index in [4.69, 9.17) is 0 Å². The molecule has 0 aromatic carbocycles. The fourth-order valence-corrected chi connectivity index (χ4v) is 4.48. The molecule has 0 spiro atoms. The first-order valence-corrected chi connectivity index (χ1v) is 7.37. The molecule has 16 heavy (non-hydrogen) atoms. The molecule has 0 amide bonds. The molecule has 1 saturated heterocycles. The van der Waals surface area contributed by atoms with E-state index in [1.165, 1.54) is 0 Å². The van der Waals surface area contributed by atoms with Crippen molar-refractivity contribution in [1.29, 1.82) is 0 Å². The van der Waals surface area contributed by atoms with Gasteiger partial charge in [-0.25, -0.2) is 0 Å². The van der Waals surface area contributed by atoms with Crippen molar-refractivity contribution in [3.8, 4) is 0 Å². The van der Waals surface area contributed by atoms with Gasteiger partial charge in [-0.3, -0.25) is 9.48 Å². The van der Waals surface area contributed by atoms with Crippen molar-refractivity contribution >= 4 is 29.3 Å². The molecule has 0 saturated carbocycles. The van der Waals surface area contributed by atoms with Crippen molar-refractivity contribution in [3.63, 3.8) is 0 Å². The Morgan fingerprint density at radius 3 is 2.94 bits per heavy atom. The van der Waals surface area contributed by atoms with Crippen molar-refractivity contribution in [2.45, 2.75) is 23.8 Å². The number of ketones is 1. The highest BCUT2D eigenvalue weighted by molar-refractivity contribution is 8.07. The van der Waals surface area contributed by atoms with E-state index in [9.17, 15) is 4.79 Å². The van der Waals surface area contributed by atoms with Gasteiger partial charge < -0.3 is 0 Å². The third kappa shape index (κ3) is 2.79. The molecular formula is C10H15N3OS2. The van der Waals surface area contributed by atoms with E-state index in [-0.39, 0.29) is 11.0 Å². The number of aromatic nitrogens is 3. The van der Waals surface area contributed by atoms with Crippen molar-refractivity contribution in [2.24, 2.45) is 7.05 Å². The van der Waals surface area contributed by atoms with Crippen LogP contribution in [0.15, 0.2) is 6.20 Å². The molecule has 2 heterocycles. The SMILES string of the molecule is CC1SCCSC1C(=O)Cc1cn(C)nn1. The molecule has 1 aromatic rings. The van der Waals surface area contributed by atoms with Gasteiger partial charge in [0, 0.05) is 30.0 Å². The van der Waals surface area contributed by atoms with E-state index in [1.54, 1.807) is 16.4 Å². The number of hydrogen-bond acceptors (Lipinski definition) is 5. The summed E-state index contributed by atoms with van der Waals surface area (Å²) in [5.74, 6) is 2.51. The molecule has 1 fully saturated rings. The molecule has 2 rings (SSSR count). The first-order valence-electron chi connectivity index (χ1n) is 5.28. The Hall–Kier alpha value is -0.490. The van der Waals surface area contributed by atoms with Crippen LogP contribution in [0.3, 0.4) is 0 Å². The van der Waals surface area contributed by atoms with E-state index in [0.717, 1.165) is 17.2 Å². The van der Waals surface area contributed by atoms with E-state index in [0.29, 0.717) is 11.7 Å². The third-order valence-electron chi connectivity index (χ3n) is 2.51. The predicted octanol–water partition coefficient (Wildman–Crippen LogP) is 1.16. The van der Waals surface area contributed by atoms with Gasteiger partial charge in [0.15, 0.2) is 5.78 Å². The van der Waals surface area contributed by atoms with Gasteiger partial charge in [-0.15, -0.1) is 16.9 Å². The van der Waals surface area contributed by atoms with E-state index >= 15 is 0 Å². The summed E-state index contributed by atoms with van der Waals surface area (Å²) in [5, 5.41) is 8.33. The molecule has 0 radical (unpaired) electrons. The first-order chi connectivity index (χ1) is 7.66. The predicted molar refractivity (Wildman–Crippen MR) is 67.9 cm³/mol. The summed E-state index contributed by atoms with van der Waals surface area (Å²) in [4.78, 5) is 12.1. The zero-order valence-corrected chi connectivity index (χ0v) is 11.1. The van der Waals surface area contributed by atoms with Crippen LogP contribution in [0.25, 0.3) is 0 Å². The second-order valence-corrected chi connectivity index (χ2v) is 6.63. The van der Waals surface area contributed by atoms with Gasteiger partial charge in [0.05, 0.1) is 17.4 Å². The van der Waals surface area contributed by atoms with Crippen LogP contribution in [0.4, 0.5) is 0 Å². The zero-order valence-electron chi connectivity index (χ0n) is 9.42. The first kappa shape index (κ1) is 12.0. The minimum atomic E-state index is 0.126. The maximum absolute atomic E-state index is 12.1. The second-order valence-electron chi connectivity index (χ2n) is 3.89. The van der Waals surface area contributed by atoms with Gasteiger partial charge in [-0.05, 0) is 0 Å². The Balaban J connectivity index is 1.96. The quantitative estimate of drug-likeness (QED) is 0.813. The van der Waals surface area contributed by atoms with Crippen LogP contribution in [0.5, 0.6) is 0 Å². The normalized spacial score (nSPS) is 25.6. The lowest BCUT2D eigenvalue weighted by atomic mass is 10.1. The summed E-state index contributed by atoms with van der Waals surface area (Å²) in [6, 6.07) is 0. The van der Waals surface area contributed by atoms with Crippen molar-refractivity contribution in [1.82, 2.24) is 15.0 Å². The topological polar surface area (TPSA) is 47.8 Å². The highest BCUT2D eigenvalue weighted by Gasteiger charge is 2.29. The Bertz CT molecular complexity index is 380. The minimum absolute atomic E-state index is 0.126. The van der Waals surface area contributed by atoms with Crippen LogP contribution in [0.2, 0.25) is 0 Å².